The Morgan fingerprint density at radius 1 is 1.03 bits per heavy atom. The Morgan fingerprint density at radius 2 is 1.68 bits per heavy atom. The molecule has 0 saturated heterocycles. The first-order valence-electron chi connectivity index (χ1n) is 14.6. The molecule has 4 aliphatic carbocycles. The second kappa shape index (κ2) is 9.47. The first-order valence-corrected chi connectivity index (χ1v) is 14.6. The van der Waals surface area contributed by atoms with Crippen LogP contribution in [0.5, 0.6) is 0 Å². The molecule has 0 amide bonds. The summed E-state index contributed by atoms with van der Waals surface area (Å²) >= 11 is 0. The molecule has 4 fully saturated rings. The van der Waals surface area contributed by atoms with Gasteiger partial charge in [0.15, 0.2) is 0 Å². The van der Waals surface area contributed by atoms with Crippen LogP contribution in [0.15, 0.2) is 12.7 Å². The molecule has 4 aliphatic rings. The van der Waals surface area contributed by atoms with Gasteiger partial charge in [0.2, 0.25) is 0 Å². The first-order chi connectivity index (χ1) is 17.2. The summed E-state index contributed by atoms with van der Waals surface area (Å²) in [5, 5.41) is 0. The number of rotatable bonds is 7. The summed E-state index contributed by atoms with van der Waals surface area (Å²) < 4.78 is 4.96. The molecular weight excluding hydrogens is 464 g/mol. The smallest absolute Gasteiger partial charge is 0.305 e. The van der Waals surface area contributed by atoms with Gasteiger partial charge in [-0.05, 0) is 90.3 Å². The van der Waals surface area contributed by atoms with Gasteiger partial charge in [0.1, 0.15) is 5.78 Å². The number of carbonyl (C=O) groups is 2. The maximum Gasteiger partial charge on any atom is 0.305 e. The third-order valence-electron chi connectivity index (χ3n) is 13.9. The minimum absolute atomic E-state index is 0.00102. The molecule has 210 valence electrons. The fraction of sp³-hybridized carbons (Fsp3) is 0.875. The lowest BCUT2D eigenvalue weighted by atomic mass is 9.35. The summed E-state index contributed by atoms with van der Waals surface area (Å²) in [4.78, 5) is 36.6. The van der Waals surface area contributed by atoms with Gasteiger partial charge in [-0.25, -0.2) is 9.78 Å². The highest BCUT2D eigenvalue weighted by atomic mass is 17.2. The number of Topliss-reactive ketones (excluding diaryl/α,β-unsaturated/α-hetero) is 1. The van der Waals surface area contributed by atoms with Gasteiger partial charge in [0.25, 0.3) is 0 Å². The van der Waals surface area contributed by atoms with E-state index in [1.165, 1.54) is 7.11 Å². The summed E-state index contributed by atoms with van der Waals surface area (Å²) in [6.45, 7) is 19.2. The molecule has 5 nitrogen and oxygen atoms in total. The standard InChI is InChI=1S/C32H52O5/c1-10-32-20-23(33)19-25-28(4)16-15-27(3,22(2)11-12-26(34)35-8)30(28,6)18-17-29(25,5)31(32,7)14-13-24(21-32)37-36-9/h10,22,24-25H,1,11-21H2,2-9H3/t22-,24-,25-,27-,28+,29+,30-,31-,32-/m1/s1. The van der Waals surface area contributed by atoms with E-state index in [0.29, 0.717) is 36.9 Å². The molecule has 0 heterocycles. The monoisotopic (exact) mass is 516 g/mol. The van der Waals surface area contributed by atoms with E-state index >= 15 is 0 Å². The van der Waals surface area contributed by atoms with Crippen LogP contribution in [0, 0.1) is 44.3 Å². The summed E-state index contributed by atoms with van der Waals surface area (Å²) in [5.41, 5.74) is -0.00811. The van der Waals surface area contributed by atoms with Gasteiger partial charge in [0.05, 0.1) is 20.3 Å². The van der Waals surface area contributed by atoms with Crippen molar-refractivity contribution in [2.75, 3.05) is 14.2 Å². The minimum Gasteiger partial charge on any atom is -0.469 e. The van der Waals surface area contributed by atoms with E-state index in [0.717, 1.165) is 51.4 Å². The number of hydrogen-bond acceptors (Lipinski definition) is 5. The normalized spacial score (nSPS) is 48.3. The number of carbonyl (C=O) groups excluding carboxylic acids is 2. The molecule has 0 aromatic carbocycles. The van der Waals surface area contributed by atoms with Gasteiger partial charge < -0.3 is 4.74 Å². The van der Waals surface area contributed by atoms with Crippen LogP contribution < -0.4 is 0 Å². The van der Waals surface area contributed by atoms with E-state index in [9.17, 15) is 9.59 Å². The Morgan fingerprint density at radius 3 is 2.30 bits per heavy atom. The molecule has 0 aromatic rings. The van der Waals surface area contributed by atoms with Crippen LogP contribution in [0.3, 0.4) is 0 Å². The average molecular weight is 517 g/mol. The van der Waals surface area contributed by atoms with Crippen LogP contribution in [-0.4, -0.2) is 32.1 Å². The molecule has 0 radical (unpaired) electrons. The van der Waals surface area contributed by atoms with Crippen LogP contribution in [0.25, 0.3) is 0 Å². The molecule has 5 heteroatoms. The van der Waals surface area contributed by atoms with Crippen molar-refractivity contribution in [1.29, 1.82) is 0 Å². The van der Waals surface area contributed by atoms with Crippen molar-refractivity contribution in [3.05, 3.63) is 12.7 Å². The zero-order valence-corrected chi connectivity index (χ0v) is 24.8. The molecule has 0 unspecified atom stereocenters. The van der Waals surface area contributed by atoms with Crippen molar-refractivity contribution in [1.82, 2.24) is 0 Å². The number of fused-ring (bicyclic) bond motifs is 5. The Hall–Kier alpha value is -1.20. The molecule has 4 saturated carbocycles. The van der Waals surface area contributed by atoms with E-state index < -0.39 is 0 Å². The van der Waals surface area contributed by atoms with Gasteiger partial charge in [-0.15, -0.1) is 6.58 Å². The van der Waals surface area contributed by atoms with E-state index in [2.05, 4.69) is 54.2 Å². The van der Waals surface area contributed by atoms with Gasteiger partial charge in [0, 0.05) is 24.7 Å². The van der Waals surface area contributed by atoms with Crippen LogP contribution >= 0.6 is 0 Å². The maximum absolute atomic E-state index is 13.9. The summed E-state index contributed by atoms with van der Waals surface area (Å²) in [7, 11) is 3.06. The third kappa shape index (κ3) is 3.76. The zero-order valence-electron chi connectivity index (χ0n) is 24.8. The van der Waals surface area contributed by atoms with Gasteiger partial charge in [-0.2, -0.15) is 0 Å². The lowest BCUT2D eigenvalue weighted by molar-refractivity contribution is -0.324. The third-order valence-corrected chi connectivity index (χ3v) is 13.9. The van der Waals surface area contributed by atoms with E-state index in [1.807, 2.05) is 0 Å². The highest BCUT2D eigenvalue weighted by Crippen LogP contribution is 2.80. The number of hydrogen-bond donors (Lipinski definition) is 0. The molecule has 0 spiro atoms. The predicted molar refractivity (Wildman–Crippen MR) is 146 cm³/mol. The fourth-order valence-electron chi connectivity index (χ4n) is 10.7. The van der Waals surface area contributed by atoms with Crippen molar-refractivity contribution >= 4 is 11.8 Å². The van der Waals surface area contributed by atoms with Gasteiger partial charge >= 0.3 is 5.97 Å². The molecule has 0 aromatic heterocycles. The van der Waals surface area contributed by atoms with Crippen LogP contribution in [-0.2, 0) is 24.1 Å². The highest BCUT2D eigenvalue weighted by Gasteiger charge is 2.74. The quantitative estimate of drug-likeness (QED) is 0.152. The second-order valence-electron chi connectivity index (χ2n) is 14.4. The van der Waals surface area contributed by atoms with Gasteiger partial charge in [-0.1, -0.05) is 47.6 Å². The maximum atomic E-state index is 13.9. The lowest BCUT2D eigenvalue weighted by Crippen LogP contribution is -2.63. The summed E-state index contributed by atoms with van der Waals surface area (Å²) in [6, 6.07) is 0. The molecule has 37 heavy (non-hydrogen) atoms. The number of ether oxygens (including phenoxy) is 1. The number of methoxy groups -OCH3 is 1. The summed E-state index contributed by atoms with van der Waals surface area (Å²) in [6.07, 6.45) is 12.0. The molecular formula is C32H52O5. The number of allylic oxidation sites excluding steroid dienone is 1. The number of ketones is 1. The predicted octanol–water partition coefficient (Wildman–Crippen LogP) is 7.48. The van der Waals surface area contributed by atoms with Crippen molar-refractivity contribution in [2.24, 2.45) is 44.3 Å². The molecule has 4 rings (SSSR count). The Labute approximate surface area is 225 Å². The van der Waals surface area contributed by atoms with E-state index in [1.54, 1.807) is 7.11 Å². The molecule has 0 aliphatic heterocycles. The van der Waals surface area contributed by atoms with Crippen molar-refractivity contribution < 1.29 is 24.1 Å². The topological polar surface area (TPSA) is 61.8 Å². The average Bonchev–Trinajstić information content (AvgIpc) is 3.04. The van der Waals surface area contributed by atoms with Crippen LogP contribution in [0.4, 0.5) is 0 Å². The van der Waals surface area contributed by atoms with Crippen molar-refractivity contribution in [3.8, 4) is 0 Å². The van der Waals surface area contributed by atoms with Crippen molar-refractivity contribution in [2.45, 2.75) is 118 Å². The van der Waals surface area contributed by atoms with Gasteiger partial charge in [-0.3, -0.25) is 9.59 Å². The Kier molecular flexibility index (Phi) is 7.37. The summed E-state index contributed by atoms with van der Waals surface area (Å²) in [5.74, 6) is 1.01. The molecule has 0 N–H and O–H groups in total. The zero-order chi connectivity index (χ0) is 27.5. The largest absolute Gasteiger partial charge is 0.469 e. The highest BCUT2D eigenvalue weighted by molar-refractivity contribution is 5.81. The van der Waals surface area contributed by atoms with E-state index in [-0.39, 0.29) is 44.6 Å². The Bertz CT molecular complexity index is 930. The van der Waals surface area contributed by atoms with Crippen LogP contribution in [0.2, 0.25) is 0 Å². The first kappa shape index (κ1) is 28.8. The SMILES string of the molecule is C=C[C@]12CC(=O)C[C@H]3[C@](C)(CC[C@@]4(C)[C@@]3(C)CC[C@]4(C)[C@H](C)CCC(=O)OC)[C@@]1(C)CC[C@@H](OOC)C2. The Balaban J connectivity index is 1.75. The second-order valence-corrected chi connectivity index (χ2v) is 14.4. The van der Waals surface area contributed by atoms with Crippen molar-refractivity contribution in [3.63, 3.8) is 0 Å². The lowest BCUT2D eigenvalue weighted by Gasteiger charge is -2.69. The molecule has 9 atom stereocenters. The molecule has 0 bridgehead atoms. The fourth-order valence-corrected chi connectivity index (χ4v) is 10.7. The number of esters is 1. The van der Waals surface area contributed by atoms with Crippen LogP contribution in [0.1, 0.15) is 112 Å². The minimum atomic E-state index is -0.283. The van der Waals surface area contributed by atoms with E-state index in [4.69, 9.17) is 14.5 Å².